The molecule has 1 aromatic rings. The zero-order valence-electron chi connectivity index (χ0n) is 8.30. The van der Waals surface area contributed by atoms with Crippen LogP contribution in [0.3, 0.4) is 0 Å². The second kappa shape index (κ2) is 5.77. The number of hydrogen-bond donors (Lipinski definition) is 2. The highest BCUT2D eigenvalue weighted by Crippen LogP contribution is 2.14. The molecule has 0 saturated heterocycles. The first-order chi connectivity index (χ1) is 7.27. The summed E-state index contributed by atoms with van der Waals surface area (Å²) >= 11 is 0. The summed E-state index contributed by atoms with van der Waals surface area (Å²) in [7, 11) is 1.55. The minimum Gasteiger partial charge on any atom is -0.496 e. The fraction of sp³-hybridized carbons (Fsp3) is 0.200. The van der Waals surface area contributed by atoms with Crippen molar-refractivity contribution in [3.63, 3.8) is 0 Å². The Balaban J connectivity index is 2.67. The van der Waals surface area contributed by atoms with Gasteiger partial charge in [0.05, 0.1) is 13.3 Å². The molecule has 0 aliphatic rings. The summed E-state index contributed by atoms with van der Waals surface area (Å²) in [6, 6.07) is 7.25. The summed E-state index contributed by atoms with van der Waals surface area (Å²) in [5.74, 6) is 0.112. The van der Waals surface area contributed by atoms with Gasteiger partial charge in [-0.25, -0.2) is 5.43 Å². The van der Waals surface area contributed by atoms with Gasteiger partial charge >= 0.3 is 0 Å². The Hall–Kier alpha value is -1.88. The van der Waals surface area contributed by atoms with E-state index in [-0.39, 0.29) is 0 Å². The van der Waals surface area contributed by atoms with Crippen molar-refractivity contribution in [3.05, 3.63) is 29.8 Å². The van der Waals surface area contributed by atoms with Gasteiger partial charge in [0.25, 0.3) is 5.91 Å². The second-order valence-corrected chi connectivity index (χ2v) is 2.69. The van der Waals surface area contributed by atoms with Crippen LogP contribution in [0.25, 0.3) is 0 Å². The third kappa shape index (κ3) is 3.40. The van der Waals surface area contributed by atoms with E-state index in [0.717, 1.165) is 5.56 Å². The van der Waals surface area contributed by atoms with Crippen molar-refractivity contribution < 1.29 is 14.6 Å². The number of carbonyl (C=O) groups excluding carboxylic acids is 1. The van der Waals surface area contributed by atoms with Gasteiger partial charge in [0.2, 0.25) is 0 Å². The van der Waals surface area contributed by atoms with Gasteiger partial charge in [-0.2, -0.15) is 5.10 Å². The van der Waals surface area contributed by atoms with Crippen LogP contribution in [0, 0.1) is 0 Å². The van der Waals surface area contributed by atoms with Crippen molar-refractivity contribution in [1.82, 2.24) is 5.43 Å². The third-order valence-corrected chi connectivity index (χ3v) is 1.68. The molecule has 0 aliphatic heterocycles. The maximum absolute atomic E-state index is 10.7. The van der Waals surface area contributed by atoms with Crippen molar-refractivity contribution in [2.45, 2.75) is 0 Å². The molecule has 0 aliphatic carbocycles. The zero-order valence-corrected chi connectivity index (χ0v) is 8.30. The number of hydrazone groups is 1. The summed E-state index contributed by atoms with van der Waals surface area (Å²) in [6.45, 7) is -0.580. The topological polar surface area (TPSA) is 70.9 Å². The molecule has 5 nitrogen and oxygen atoms in total. The minimum absolute atomic E-state index is 0.554. The molecule has 80 valence electrons. The van der Waals surface area contributed by atoms with Gasteiger partial charge in [-0.1, -0.05) is 12.1 Å². The second-order valence-electron chi connectivity index (χ2n) is 2.69. The molecule has 5 heteroatoms. The van der Waals surface area contributed by atoms with Crippen LogP contribution in [0.4, 0.5) is 0 Å². The van der Waals surface area contributed by atoms with Gasteiger partial charge in [-0.05, 0) is 12.1 Å². The number of rotatable bonds is 4. The summed E-state index contributed by atoms with van der Waals surface area (Å²) in [6.07, 6.45) is 1.45. The molecule has 1 rings (SSSR count). The number of ether oxygens (including phenoxy) is 1. The largest absolute Gasteiger partial charge is 0.496 e. The Morgan fingerprint density at radius 3 is 3.00 bits per heavy atom. The molecule has 0 fully saturated rings. The lowest BCUT2D eigenvalue weighted by Gasteiger charge is -2.02. The van der Waals surface area contributed by atoms with Crippen LogP contribution in [-0.4, -0.2) is 30.9 Å². The number of aliphatic hydroxyl groups is 1. The summed E-state index contributed by atoms with van der Waals surface area (Å²) in [5.41, 5.74) is 2.91. The highest BCUT2D eigenvalue weighted by molar-refractivity contribution is 5.85. The van der Waals surface area contributed by atoms with Crippen molar-refractivity contribution >= 4 is 12.1 Å². The quantitative estimate of drug-likeness (QED) is 0.546. The lowest BCUT2D eigenvalue weighted by Crippen LogP contribution is -2.20. The first-order valence-electron chi connectivity index (χ1n) is 4.33. The predicted molar refractivity (Wildman–Crippen MR) is 55.8 cm³/mol. The molecule has 0 heterocycles. The van der Waals surface area contributed by atoms with E-state index in [4.69, 9.17) is 9.84 Å². The van der Waals surface area contributed by atoms with E-state index in [2.05, 4.69) is 10.5 Å². The maximum atomic E-state index is 10.7. The minimum atomic E-state index is -0.580. The van der Waals surface area contributed by atoms with Gasteiger partial charge in [0.1, 0.15) is 12.4 Å². The molecule has 0 aromatic heterocycles. The van der Waals surface area contributed by atoms with Crippen molar-refractivity contribution in [2.75, 3.05) is 13.7 Å². The number of amides is 1. The van der Waals surface area contributed by atoms with Crippen LogP contribution in [0.5, 0.6) is 5.75 Å². The van der Waals surface area contributed by atoms with Crippen molar-refractivity contribution in [1.29, 1.82) is 0 Å². The Kier molecular flexibility index (Phi) is 4.30. The van der Waals surface area contributed by atoms with E-state index in [1.807, 2.05) is 12.1 Å². The summed E-state index contributed by atoms with van der Waals surface area (Å²) in [5, 5.41) is 12.1. The number of carbonyl (C=O) groups is 1. The normalized spacial score (nSPS) is 10.3. The fourth-order valence-corrected chi connectivity index (χ4v) is 0.982. The molecule has 0 unspecified atom stereocenters. The molecule has 0 bridgehead atoms. The highest BCUT2D eigenvalue weighted by Gasteiger charge is 1.98. The smallest absolute Gasteiger partial charge is 0.265 e. The molecule has 0 saturated carbocycles. The summed E-state index contributed by atoms with van der Waals surface area (Å²) < 4.78 is 5.08. The Bertz CT molecular complexity index is 363. The third-order valence-electron chi connectivity index (χ3n) is 1.68. The lowest BCUT2D eigenvalue weighted by atomic mass is 10.2. The fourth-order valence-electron chi connectivity index (χ4n) is 0.982. The van der Waals surface area contributed by atoms with E-state index in [0.29, 0.717) is 5.75 Å². The van der Waals surface area contributed by atoms with Gasteiger partial charge in [-0.15, -0.1) is 0 Å². The van der Waals surface area contributed by atoms with Gasteiger partial charge in [0.15, 0.2) is 0 Å². The standard InChI is InChI=1S/C10H12N2O3/c1-15-9-5-3-2-4-8(9)6-11-12-10(14)7-13/h2-6,13H,7H2,1H3,(H,12,14)/b11-6-. The first kappa shape index (κ1) is 11.2. The molecule has 0 atom stereocenters. The van der Waals surface area contributed by atoms with E-state index in [9.17, 15) is 4.79 Å². The van der Waals surface area contributed by atoms with Gasteiger partial charge < -0.3 is 9.84 Å². The maximum Gasteiger partial charge on any atom is 0.265 e. The number of nitrogens with zero attached hydrogens (tertiary/aromatic N) is 1. The Morgan fingerprint density at radius 1 is 1.60 bits per heavy atom. The number of aliphatic hydroxyl groups excluding tert-OH is 1. The van der Waals surface area contributed by atoms with Crippen molar-refractivity contribution in [3.8, 4) is 5.75 Å². The number of methoxy groups -OCH3 is 1. The SMILES string of the molecule is COc1ccccc1/C=N\NC(=O)CO. The molecule has 0 radical (unpaired) electrons. The van der Waals surface area contributed by atoms with Crippen LogP contribution in [0.1, 0.15) is 5.56 Å². The van der Waals surface area contributed by atoms with Gasteiger partial charge in [-0.3, -0.25) is 4.79 Å². The first-order valence-corrected chi connectivity index (χ1v) is 4.33. The molecule has 1 amide bonds. The average molecular weight is 208 g/mol. The highest BCUT2D eigenvalue weighted by atomic mass is 16.5. The van der Waals surface area contributed by atoms with E-state index in [1.165, 1.54) is 6.21 Å². The lowest BCUT2D eigenvalue weighted by molar-refractivity contribution is -0.123. The number of para-hydroxylation sites is 1. The molecule has 0 spiro atoms. The Morgan fingerprint density at radius 2 is 2.33 bits per heavy atom. The number of benzene rings is 1. The molecule has 1 aromatic carbocycles. The molecular formula is C10H12N2O3. The zero-order chi connectivity index (χ0) is 11.1. The summed E-state index contributed by atoms with van der Waals surface area (Å²) in [4.78, 5) is 10.7. The van der Waals surface area contributed by atoms with Crippen LogP contribution in [-0.2, 0) is 4.79 Å². The van der Waals surface area contributed by atoms with E-state index < -0.39 is 12.5 Å². The van der Waals surface area contributed by atoms with Gasteiger partial charge in [0, 0.05) is 5.56 Å². The molecular weight excluding hydrogens is 196 g/mol. The predicted octanol–water partition coefficient (Wildman–Crippen LogP) is 0.138. The molecule has 2 N–H and O–H groups in total. The van der Waals surface area contributed by atoms with Crippen LogP contribution in [0.2, 0.25) is 0 Å². The van der Waals surface area contributed by atoms with Crippen LogP contribution < -0.4 is 10.2 Å². The van der Waals surface area contributed by atoms with Crippen molar-refractivity contribution in [2.24, 2.45) is 5.10 Å². The monoisotopic (exact) mass is 208 g/mol. The van der Waals surface area contributed by atoms with Crippen LogP contribution >= 0.6 is 0 Å². The van der Waals surface area contributed by atoms with E-state index >= 15 is 0 Å². The van der Waals surface area contributed by atoms with Crippen LogP contribution in [0.15, 0.2) is 29.4 Å². The van der Waals surface area contributed by atoms with E-state index in [1.54, 1.807) is 19.2 Å². The Labute approximate surface area is 87.4 Å². The average Bonchev–Trinajstić information content (AvgIpc) is 2.29. The number of hydrogen-bond acceptors (Lipinski definition) is 4. The molecule has 15 heavy (non-hydrogen) atoms. The number of nitrogens with one attached hydrogen (secondary N) is 1.